The van der Waals surface area contributed by atoms with Gasteiger partial charge >= 0.3 is 0 Å². The Morgan fingerprint density at radius 1 is 1.00 bits per heavy atom. The van der Waals surface area contributed by atoms with Gasteiger partial charge in [0.25, 0.3) is 0 Å². The van der Waals surface area contributed by atoms with Crippen molar-refractivity contribution in [1.29, 1.82) is 0 Å². The lowest BCUT2D eigenvalue weighted by Crippen LogP contribution is -2.55. The minimum Gasteiger partial charge on any atom is -0.353 e. The topological polar surface area (TPSA) is 55.1 Å². The highest BCUT2D eigenvalue weighted by Gasteiger charge is 2.56. The standard InChI is InChI=1S/C27H41NO.CH5N/c1-4-15-25(2)16-21-17-26(3,24(29)28-23-13-9-6-10-14-23)20-27(18-21,19-25)22-11-7-5-8-12-22;1-2/h5,7-8,11-12,21,23H,4,6,9-10,13-20H2,1-3H3,(H,28,29);2H2,1H3/t21?,25-,26?,27?;/m0./s1. The van der Waals surface area contributed by atoms with E-state index in [1.165, 1.54) is 76.8 Å². The molecule has 4 atom stereocenters. The monoisotopic (exact) mass is 426 g/mol. The number of hydrogen-bond acceptors (Lipinski definition) is 2. The molecule has 1 aromatic rings. The summed E-state index contributed by atoms with van der Waals surface area (Å²) in [4.78, 5) is 13.6. The summed E-state index contributed by atoms with van der Waals surface area (Å²) in [6.45, 7) is 7.12. The molecule has 0 aliphatic heterocycles. The van der Waals surface area contributed by atoms with E-state index >= 15 is 0 Å². The molecule has 0 saturated heterocycles. The lowest BCUT2D eigenvalue weighted by Gasteiger charge is -2.58. The number of carbonyl (C=O) groups is 1. The number of nitrogens with one attached hydrogen (secondary N) is 1. The van der Waals surface area contributed by atoms with Crippen LogP contribution >= 0.6 is 0 Å². The fourth-order valence-corrected chi connectivity index (χ4v) is 7.71. The Morgan fingerprint density at radius 2 is 1.68 bits per heavy atom. The molecule has 0 heterocycles. The van der Waals surface area contributed by atoms with E-state index < -0.39 is 0 Å². The van der Waals surface area contributed by atoms with Crippen LogP contribution in [0.4, 0.5) is 0 Å². The molecule has 1 aromatic carbocycles. The van der Waals surface area contributed by atoms with Gasteiger partial charge in [-0.15, -0.1) is 0 Å². The second-order valence-corrected chi connectivity index (χ2v) is 11.4. The Balaban J connectivity index is 0.00000132. The molecule has 174 valence electrons. The van der Waals surface area contributed by atoms with E-state index in [4.69, 9.17) is 0 Å². The average molecular weight is 427 g/mol. The Bertz CT molecular complexity index is 713. The van der Waals surface area contributed by atoms with Crippen molar-refractivity contribution in [2.45, 2.75) is 109 Å². The Labute approximate surface area is 190 Å². The molecule has 0 radical (unpaired) electrons. The summed E-state index contributed by atoms with van der Waals surface area (Å²) in [7, 11) is 1.50. The molecule has 3 unspecified atom stereocenters. The van der Waals surface area contributed by atoms with Gasteiger partial charge in [-0.2, -0.15) is 0 Å². The Kier molecular flexibility index (Phi) is 7.89. The van der Waals surface area contributed by atoms with Crippen LogP contribution in [0.2, 0.25) is 0 Å². The van der Waals surface area contributed by atoms with Crippen LogP contribution in [-0.4, -0.2) is 19.0 Å². The number of benzene rings is 1. The molecule has 3 nitrogen and oxygen atoms in total. The van der Waals surface area contributed by atoms with Crippen molar-refractivity contribution in [3.8, 4) is 0 Å². The smallest absolute Gasteiger partial charge is 0.226 e. The van der Waals surface area contributed by atoms with Gasteiger partial charge in [0, 0.05) is 11.5 Å². The molecule has 3 fully saturated rings. The zero-order valence-electron chi connectivity index (χ0n) is 20.5. The van der Waals surface area contributed by atoms with Gasteiger partial charge in [0.05, 0.1) is 0 Å². The molecule has 31 heavy (non-hydrogen) atoms. The van der Waals surface area contributed by atoms with Crippen molar-refractivity contribution in [1.82, 2.24) is 5.32 Å². The highest BCUT2D eigenvalue weighted by atomic mass is 16.2. The molecule has 2 bridgehead atoms. The minimum atomic E-state index is -0.232. The molecule has 0 spiro atoms. The van der Waals surface area contributed by atoms with Gasteiger partial charge in [-0.05, 0) is 80.7 Å². The van der Waals surface area contributed by atoms with E-state index in [1.54, 1.807) is 0 Å². The summed E-state index contributed by atoms with van der Waals surface area (Å²) in [6.07, 6.45) is 14.7. The third-order valence-electron chi connectivity index (χ3n) is 8.42. The van der Waals surface area contributed by atoms with E-state index in [-0.39, 0.29) is 10.8 Å². The minimum absolute atomic E-state index is 0.158. The molecule has 1 amide bonds. The van der Waals surface area contributed by atoms with Crippen molar-refractivity contribution in [2.75, 3.05) is 7.05 Å². The van der Waals surface area contributed by atoms with Crippen LogP contribution in [-0.2, 0) is 10.2 Å². The van der Waals surface area contributed by atoms with Crippen LogP contribution < -0.4 is 11.1 Å². The first kappa shape index (κ1) is 24.3. The maximum absolute atomic E-state index is 13.6. The highest BCUT2D eigenvalue weighted by Crippen LogP contribution is 2.62. The normalized spacial score (nSPS) is 35.6. The fourth-order valence-electron chi connectivity index (χ4n) is 7.71. The summed E-state index contributed by atoms with van der Waals surface area (Å²) < 4.78 is 0. The molecule has 0 aromatic heterocycles. The van der Waals surface area contributed by atoms with Gasteiger partial charge in [-0.25, -0.2) is 0 Å². The van der Waals surface area contributed by atoms with Gasteiger partial charge < -0.3 is 11.1 Å². The maximum Gasteiger partial charge on any atom is 0.226 e. The SMILES string of the molecule is CCC[C@@]1(C)CC2CC(C)(C(=O)NC3CCCCC3)CC(c3ccccc3)(C2)C1.CN. The number of hydrogen-bond donors (Lipinski definition) is 2. The summed E-state index contributed by atoms with van der Waals surface area (Å²) >= 11 is 0. The van der Waals surface area contributed by atoms with Gasteiger partial charge in [-0.1, -0.05) is 76.8 Å². The van der Waals surface area contributed by atoms with Gasteiger partial charge in [0.1, 0.15) is 0 Å². The zero-order chi connectivity index (χ0) is 22.5. The quantitative estimate of drug-likeness (QED) is 0.576. The van der Waals surface area contributed by atoms with E-state index in [0.717, 1.165) is 12.8 Å². The number of nitrogens with two attached hydrogens (primary N) is 1. The predicted octanol–water partition coefficient (Wildman–Crippen LogP) is 6.35. The number of fused-ring (bicyclic) bond motifs is 2. The third kappa shape index (κ3) is 5.35. The van der Waals surface area contributed by atoms with E-state index in [9.17, 15) is 4.79 Å². The van der Waals surface area contributed by atoms with Gasteiger partial charge in [0.15, 0.2) is 0 Å². The van der Waals surface area contributed by atoms with Crippen LogP contribution in [0.1, 0.15) is 103 Å². The highest BCUT2D eigenvalue weighted by molar-refractivity contribution is 5.83. The summed E-state index contributed by atoms with van der Waals surface area (Å²) in [5.41, 5.74) is 6.31. The summed E-state index contributed by atoms with van der Waals surface area (Å²) in [5.74, 6) is 1.00. The van der Waals surface area contributed by atoms with Crippen LogP contribution in [0.5, 0.6) is 0 Å². The molecule has 3 heteroatoms. The molecule has 3 aliphatic carbocycles. The first-order chi connectivity index (χ1) is 14.9. The van der Waals surface area contributed by atoms with Crippen molar-refractivity contribution in [3.05, 3.63) is 35.9 Å². The van der Waals surface area contributed by atoms with Crippen molar-refractivity contribution in [3.63, 3.8) is 0 Å². The number of rotatable bonds is 5. The molecule has 3 saturated carbocycles. The van der Waals surface area contributed by atoms with E-state index in [2.05, 4.69) is 62.2 Å². The number of carbonyl (C=O) groups excluding carboxylic acids is 1. The van der Waals surface area contributed by atoms with Crippen LogP contribution in [0.3, 0.4) is 0 Å². The fraction of sp³-hybridized carbons (Fsp3) is 0.750. The molecular formula is C28H46N2O. The predicted molar refractivity (Wildman–Crippen MR) is 131 cm³/mol. The lowest BCUT2D eigenvalue weighted by molar-refractivity contribution is -0.139. The van der Waals surface area contributed by atoms with Crippen LogP contribution in [0.15, 0.2) is 30.3 Å². The zero-order valence-corrected chi connectivity index (χ0v) is 20.5. The van der Waals surface area contributed by atoms with Gasteiger partial charge in [0.2, 0.25) is 5.91 Å². The molecular weight excluding hydrogens is 380 g/mol. The van der Waals surface area contributed by atoms with E-state index in [0.29, 0.717) is 23.3 Å². The third-order valence-corrected chi connectivity index (χ3v) is 8.42. The van der Waals surface area contributed by atoms with E-state index in [1.807, 2.05) is 0 Å². The summed E-state index contributed by atoms with van der Waals surface area (Å²) in [5, 5.41) is 3.49. The lowest BCUT2D eigenvalue weighted by atomic mass is 9.46. The molecule has 3 N–H and O–H groups in total. The molecule has 3 aliphatic rings. The largest absolute Gasteiger partial charge is 0.353 e. The second-order valence-electron chi connectivity index (χ2n) is 11.4. The first-order valence-electron chi connectivity index (χ1n) is 12.8. The Hall–Kier alpha value is -1.35. The summed E-state index contributed by atoms with van der Waals surface area (Å²) in [6, 6.07) is 11.6. The maximum atomic E-state index is 13.6. The van der Waals surface area contributed by atoms with Crippen molar-refractivity contribution >= 4 is 5.91 Å². The second kappa shape index (κ2) is 10.1. The van der Waals surface area contributed by atoms with Crippen LogP contribution in [0, 0.1) is 16.7 Å². The molecule has 4 rings (SSSR count). The number of amides is 1. The van der Waals surface area contributed by atoms with Crippen molar-refractivity contribution < 1.29 is 4.79 Å². The average Bonchev–Trinajstić information content (AvgIpc) is 2.75. The van der Waals surface area contributed by atoms with Crippen LogP contribution in [0.25, 0.3) is 0 Å². The van der Waals surface area contributed by atoms with Gasteiger partial charge in [-0.3, -0.25) is 4.79 Å². The first-order valence-corrected chi connectivity index (χ1v) is 12.8. The van der Waals surface area contributed by atoms with Crippen molar-refractivity contribution in [2.24, 2.45) is 22.5 Å². The Morgan fingerprint density at radius 3 is 2.32 bits per heavy atom.